The van der Waals surface area contributed by atoms with E-state index in [1.165, 1.54) is 4.90 Å². The van der Waals surface area contributed by atoms with E-state index in [4.69, 9.17) is 9.47 Å². The Labute approximate surface area is 124 Å². The fourth-order valence-electron chi connectivity index (χ4n) is 2.14. The van der Waals surface area contributed by atoms with Gasteiger partial charge in [-0.15, -0.1) is 0 Å². The number of nitrogens with one attached hydrogen (secondary N) is 1. The second-order valence-electron chi connectivity index (χ2n) is 5.12. The number of hydrogen-bond donors (Lipinski definition) is 1. The van der Waals surface area contributed by atoms with Gasteiger partial charge >= 0.3 is 0 Å². The van der Waals surface area contributed by atoms with Crippen LogP contribution < -0.4 is 14.8 Å². The number of benzene rings is 1. The predicted octanol–water partition coefficient (Wildman–Crippen LogP) is 1.40. The van der Waals surface area contributed by atoms with Gasteiger partial charge in [0.15, 0.2) is 11.5 Å². The molecule has 21 heavy (non-hydrogen) atoms. The molecule has 2 rings (SSSR count). The molecule has 2 amide bonds. The highest BCUT2D eigenvalue weighted by Crippen LogP contribution is 2.32. The van der Waals surface area contributed by atoms with Gasteiger partial charge in [-0.2, -0.15) is 0 Å². The molecule has 1 atom stereocenters. The van der Waals surface area contributed by atoms with Gasteiger partial charge in [0, 0.05) is 19.7 Å². The topological polar surface area (TPSA) is 67.9 Å². The molecule has 0 aromatic heterocycles. The summed E-state index contributed by atoms with van der Waals surface area (Å²) in [7, 11) is 3.36. The first-order valence-electron chi connectivity index (χ1n) is 6.94. The van der Waals surface area contributed by atoms with Gasteiger partial charge < -0.3 is 19.7 Å². The van der Waals surface area contributed by atoms with Gasteiger partial charge in [-0.05, 0) is 24.6 Å². The molecule has 0 unspecified atom stereocenters. The van der Waals surface area contributed by atoms with E-state index in [0.29, 0.717) is 23.5 Å². The lowest BCUT2D eigenvalue weighted by atomic mass is 10.1. The number of carbonyl (C=O) groups is 2. The minimum Gasteiger partial charge on any atom is -0.454 e. The Bertz CT molecular complexity index is 542. The van der Waals surface area contributed by atoms with Crippen molar-refractivity contribution in [2.75, 3.05) is 20.9 Å². The molecular weight excluding hydrogens is 272 g/mol. The van der Waals surface area contributed by atoms with E-state index >= 15 is 0 Å². The SMILES string of the molecule is CCC[C@@H](NC(=O)c1ccc2c(c1)OCO2)C(=O)N(C)C. The third-order valence-electron chi connectivity index (χ3n) is 3.26. The van der Waals surface area contributed by atoms with Crippen molar-refractivity contribution in [1.29, 1.82) is 0 Å². The lowest BCUT2D eigenvalue weighted by Gasteiger charge is -2.21. The van der Waals surface area contributed by atoms with Gasteiger partial charge in [0.25, 0.3) is 5.91 Å². The summed E-state index contributed by atoms with van der Waals surface area (Å²) in [5.74, 6) is 0.780. The lowest BCUT2D eigenvalue weighted by molar-refractivity contribution is -0.130. The largest absolute Gasteiger partial charge is 0.454 e. The average Bonchev–Trinajstić information content (AvgIpc) is 2.93. The van der Waals surface area contributed by atoms with Crippen molar-refractivity contribution in [2.24, 2.45) is 0 Å². The smallest absolute Gasteiger partial charge is 0.252 e. The van der Waals surface area contributed by atoms with Crippen molar-refractivity contribution in [1.82, 2.24) is 10.2 Å². The maximum Gasteiger partial charge on any atom is 0.252 e. The molecule has 0 radical (unpaired) electrons. The van der Waals surface area contributed by atoms with Crippen molar-refractivity contribution in [2.45, 2.75) is 25.8 Å². The number of nitrogens with zero attached hydrogens (tertiary/aromatic N) is 1. The minimum atomic E-state index is -0.511. The van der Waals surface area contributed by atoms with E-state index in [9.17, 15) is 9.59 Å². The third kappa shape index (κ3) is 3.45. The van der Waals surface area contributed by atoms with Gasteiger partial charge in [0.2, 0.25) is 12.7 Å². The van der Waals surface area contributed by atoms with Crippen LogP contribution >= 0.6 is 0 Å². The number of likely N-dealkylation sites (N-methyl/N-ethyl adjacent to an activating group) is 1. The molecule has 6 heteroatoms. The predicted molar refractivity (Wildman–Crippen MR) is 77.4 cm³/mol. The standard InChI is InChI=1S/C15H20N2O4/c1-4-5-11(15(19)17(2)3)16-14(18)10-6-7-12-13(8-10)21-9-20-12/h6-8,11H,4-5,9H2,1-3H3,(H,16,18)/t11-/m1/s1. The molecule has 6 nitrogen and oxygen atoms in total. The van der Waals surface area contributed by atoms with Gasteiger partial charge in [-0.1, -0.05) is 13.3 Å². The highest BCUT2D eigenvalue weighted by molar-refractivity contribution is 5.98. The zero-order valence-corrected chi connectivity index (χ0v) is 12.5. The second-order valence-corrected chi connectivity index (χ2v) is 5.12. The van der Waals surface area contributed by atoms with Gasteiger partial charge in [-0.25, -0.2) is 0 Å². The highest BCUT2D eigenvalue weighted by Gasteiger charge is 2.23. The third-order valence-corrected chi connectivity index (χ3v) is 3.26. The van der Waals surface area contributed by atoms with Crippen LogP contribution in [0.3, 0.4) is 0 Å². The fourth-order valence-corrected chi connectivity index (χ4v) is 2.14. The van der Waals surface area contributed by atoms with Crippen LogP contribution in [0.25, 0.3) is 0 Å². The minimum absolute atomic E-state index is 0.106. The highest BCUT2D eigenvalue weighted by atomic mass is 16.7. The number of hydrogen-bond acceptors (Lipinski definition) is 4. The van der Waals surface area contributed by atoms with E-state index < -0.39 is 6.04 Å². The summed E-state index contributed by atoms with van der Waals surface area (Å²) in [4.78, 5) is 25.8. The van der Waals surface area contributed by atoms with E-state index in [2.05, 4.69) is 5.32 Å². The van der Waals surface area contributed by atoms with Crippen molar-refractivity contribution < 1.29 is 19.1 Å². The van der Waals surface area contributed by atoms with Crippen LogP contribution in [0.2, 0.25) is 0 Å². The van der Waals surface area contributed by atoms with Crippen molar-refractivity contribution in [3.63, 3.8) is 0 Å². The second kappa shape index (κ2) is 6.47. The molecule has 0 fully saturated rings. The van der Waals surface area contributed by atoms with Crippen LogP contribution in [-0.2, 0) is 4.79 Å². The van der Waals surface area contributed by atoms with Gasteiger partial charge in [0.05, 0.1) is 0 Å². The Morgan fingerprint density at radius 1 is 1.29 bits per heavy atom. The van der Waals surface area contributed by atoms with Crippen LogP contribution in [-0.4, -0.2) is 43.6 Å². The summed E-state index contributed by atoms with van der Waals surface area (Å²) >= 11 is 0. The van der Waals surface area contributed by atoms with Crippen LogP contribution in [0.5, 0.6) is 11.5 Å². The fraction of sp³-hybridized carbons (Fsp3) is 0.467. The summed E-state index contributed by atoms with van der Waals surface area (Å²) in [6.07, 6.45) is 1.42. The van der Waals surface area contributed by atoms with Crippen LogP contribution in [0.15, 0.2) is 18.2 Å². The van der Waals surface area contributed by atoms with Gasteiger partial charge in [-0.3, -0.25) is 9.59 Å². The molecular formula is C15H20N2O4. The number of amides is 2. The summed E-state index contributed by atoms with van der Waals surface area (Å²) in [5.41, 5.74) is 0.451. The summed E-state index contributed by atoms with van der Waals surface area (Å²) in [5, 5.41) is 2.78. The van der Waals surface area contributed by atoms with Crippen LogP contribution in [0, 0.1) is 0 Å². The molecule has 0 saturated heterocycles. The average molecular weight is 292 g/mol. The van der Waals surface area contributed by atoms with E-state index in [-0.39, 0.29) is 18.6 Å². The molecule has 0 bridgehead atoms. The monoisotopic (exact) mass is 292 g/mol. The Morgan fingerprint density at radius 2 is 2.00 bits per heavy atom. The number of ether oxygens (including phenoxy) is 2. The maximum atomic E-state index is 12.3. The van der Waals surface area contributed by atoms with Gasteiger partial charge in [0.1, 0.15) is 6.04 Å². The first kappa shape index (κ1) is 15.2. The Kier molecular flexibility index (Phi) is 4.67. The van der Waals surface area contributed by atoms with E-state index in [1.807, 2.05) is 6.92 Å². The molecule has 1 aliphatic heterocycles. The van der Waals surface area contributed by atoms with Crippen LogP contribution in [0.4, 0.5) is 0 Å². The van der Waals surface area contributed by atoms with E-state index in [1.54, 1.807) is 32.3 Å². The molecule has 0 spiro atoms. The first-order valence-corrected chi connectivity index (χ1v) is 6.94. The van der Waals surface area contributed by atoms with Crippen molar-refractivity contribution >= 4 is 11.8 Å². The summed E-state index contributed by atoms with van der Waals surface area (Å²) < 4.78 is 10.5. The molecule has 0 aliphatic carbocycles. The summed E-state index contributed by atoms with van der Waals surface area (Å²) in [6.45, 7) is 2.14. The molecule has 1 N–H and O–H groups in total. The van der Waals surface area contributed by atoms with Crippen molar-refractivity contribution in [3.8, 4) is 11.5 Å². The Hall–Kier alpha value is -2.24. The number of fused-ring (bicyclic) bond motifs is 1. The first-order chi connectivity index (χ1) is 10.0. The zero-order valence-electron chi connectivity index (χ0n) is 12.5. The number of carbonyl (C=O) groups excluding carboxylic acids is 2. The molecule has 1 aromatic carbocycles. The zero-order chi connectivity index (χ0) is 15.4. The number of rotatable bonds is 5. The molecule has 0 saturated carbocycles. The van der Waals surface area contributed by atoms with Crippen LogP contribution in [0.1, 0.15) is 30.1 Å². The lowest BCUT2D eigenvalue weighted by Crippen LogP contribution is -2.46. The summed E-state index contributed by atoms with van der Waals surface area (Å²) in [6, 6.07) is 4.47. The maximum absolute atomic E-state index is 12.3. The Balaban J connectivity index is 2.09. The normalized spacial score (nSPS) is 13.7. The molecule has 1 heterocycles. The molecule has 1 aromatic rings. The molecule has 114 valence electrons. The van der Waals surface area contributed by atoms with E-state index in [0.717, 1.165) is 6.42 Å². The van der Waals surface area contributed by atoms with Crippen molar-refractivity contribution in [3.05, 3.63) is 23.8 Å². The molecule has 1 aliphatic rings. The quantitative estimate of drug-likeness (QED) is 0.891. The Morgan fingerprint density at radius 3 is 2.67 bits per heavy atom.